The fourth-order valence-electron chi connectivity index (χ4n) is 0.493. The molecule has 1 N–H and O–H groups in total. The van der Waals surface area contributed by atoms with Gasteiger partial charge in [-0.2, -0.15) is 0 Å². The molecule has 132 valence electrons. The Morgan fingerprint density at radius 2 is 1.57 bits per heavy atom. The Hall–Kier alpha value is -2.34. The predicted molar refractivity (Wildman–Crippen MR) is 91.9 cm³/mol. The largest absolute Gasteiger partial charge is 0.478 e. The van der Waals surface area contributed by atoms with E-state index in [-0.39, 0.29) is 11.9 Å². The maximum Gasteiger partial charge on any atom is 0.330 e. The number of esters is 2. The second kappa shape index (κ2) is 27.9. The molecule has 0 amide bonds. The van der Waals surface area contributed by atoms with Crippen LogP contribution in [0.25, 0.3) is 0 Å². The Balaban J connectivity index is -0.000000113. The van der Waals surface area contributed by atoms with E-state index in [9.17, 15) is 14.4 Å². The predicted octanol–water partition coefficient (Wildman–Crippen LogP) is 3.83. The van der Waals surface area contributed by atoms with Crippen LogP contribution < -0.4 is 0 Å². The third-order valence-corrected chi connectivity index (χ3v) is 1.33. The first-order valence-electron chi connectivity index (χ1n) is 6.40. The van der Waals surface area contributed by atoms with E-state index >= 15 is 0 Å². The molecule has 0 spiro atoms. The minimum absolute atomic E-state index is 0.329. The lowest BCUT2D eigenvalue weighted by molar-refractivity contribution is -0.138. The zero-order valence-corrected chi connectivity index (χ0v) is 14.4. The number of ether oxygens (including phenoxy) is 2. The van der Waals surface area contributed by atoms with Crippen molar-refractivity contribution in [1.29, 1.82) is 0 Å². The first-order chi connectivity index (χ1) is 10.8. The van der Waals surface area contributed by atoms with Crippen LogP contribution in [0.4, 0.5) is 0 Å². The zero-order chi connectivity index (χ0) is 19.1. The molecule has 23 heavy (non-hydrogen) atoms. The number of carbonyl (C=O) groups excluding carboxylic acids is 2. The topological polar surface area (TPSA) is 89.9 Å². The van der Waals surface area contributed by atoms with Gasteiger partial charge in [0.05, 0.1) is 12.9 Å². The van der Waals surface area contributed by atoms with E-state index in [1.54, 1.807) is 0 Å². The van der Waals surface area contributed by atoms with Crippen molar-refractivity contribution in [2.75, 3.05) is 6.61 Å². The van der Waals surface area contributed by atoms with Crippen LogP contribution in [0.1, 0.15) is 26.7 Å². The van der Waals surface area contributed by atoms with Gasteiger partial charge in [0.1, 0.15) is 0 Å². The van der Waals surface area contributed by atoms with E-state index in [1.807, 2.05) is 6.92 Å². The van der Waals surface area contributed by atoms with Crippen molar-refractivity contribution in [3.8, 4) is 0 Å². The van der Waals surface area contributed by atoms with Crippen LogP contribution in [0, 0.1) is 0 Å². The summed E-state index contributed by atoms with van der Waals surface area (Å²) in [6.45, 7) is 16.4. The van der Waals surface area contributed by atoms with Crippen molar-refractivity contribution in [2.45, 2.75) is 26.7 Å². The molecule has 0 bridgehead atoms. The van der Waals surface area contributed by atoms with Gasteiger partial charge in [-0.25, -0.2) is 9.59 Å². The molecular formula is C16H25ClO6. The second-order valence-corrected chi connectivity index (χ2v) is 3.51. The van der Waals surface area contributed by atoms with Gasteiger partial charge in [0, 0.05) is 19.1 Å². The number of carbonyl (C=O) groups is 3. The van der Waals surface area contributed by atoms with E-state index in [2.05, 4.69) is 35.8 Å². The molecule has 0 saturated carbocycles. The van der Waals surface area contributed by atoms with E-state index < -0.39 is 5.97 Å². The van der Waals surface area contributed by atoms with E-state index in [0.29, 0.717) is 6.61 Å². The number of unbranched alkanes of at least 4 members (excludes halogenated alkanes) is 1. The minimum atomic E-state index is -0.981. The molecular weight excluding hydrogens is 324 g/mol. The molecule has 0 fully saturated rings. The summed E-state index contributed by atoms with van der Waals surface area (Å²) in [6, 6.07) is 0. The molecule has 0 aliphatic heterocycles. The van der Waals surface area contributed by atoms with Gasteiger partial charge in [-0.15, -0.1) is 0 Å². The van der Waals surface area contributed by atoms with Crippen LogP contribution in [0.2, 0.25) is 0 Å². The molecule has 7 heteroatoms. The molecule has 0 heterocycles. The highest BCUT2D eigenvalue weighted by Crippen LogP contribution is 1.88. The minimum Gasteiger partial charge on any atom is -0.478 e. The summed E-state index contributed by atoms with van der Waals surface area (Å²) in [5, 5.41) is 7.60. The Labute approximate surface area is 142 Å². The number of hydrogen-bond donors (Lipinski definition) is 1. The Morgan fingerprint density at radius 3 is 1.74 bits per heavy atom. The normalized spacial score (nSPS) is 7.09. The van der Waals surface area contributed by atoms with Crippen molar-refractivity contribution >= 4 is 29.5 Å². The summed E-state index contributed by atoms with van der Waals surface area (Å²) in [7, 11) is 0. The molecule has 0 rings (SSSR count). The van der Waals surface area contributed by atoms with E-state index in [4.69, 9.17) is 16.7 Å². The molecule has 6 nitrogen and oxygen atoms in total. The summed E-state index contributed by atoms with van der Waals surface area (Å²) >= 11 is 4.76. The van der Waals surface area contributed by atoms with Crippen LogP contribution >= 0.6 is 11.6 Å². The van der Waals surface area contributed by atoms with Gasteiger partial charge < -0.3 is 14.6 Å². The lowest BCUT2D eigenvalue weighted by atomic mass is 10.4. The maximum atomic E-state index is 10.3. The van der Waals surface area contributed by atoms with Crippen molar-refractivity contribution in [1.82, 2.24) is 0 Å². The van der Waals surface area contributed by atoms with Gasteiger partial charge in [-0.1, -0.05) is 51.3 Å². The van der Waals surface area contributed by atoms with Crippen molar-refractivity contribution in [3.63, 3.8) is 0 Å². The fourth-order valence-corrected chi connectivity index (χ4v) is 0.493. The van der Waals surface area contributed by atoms with Crippen molar-refractivity contribution in [2.24, 2.45) is 0 Å². The molecule has 0 unspecified atom stereocenters. The first-order valence-corrected chi connectivity index (χ1v) is 6.84. The summed E-state index contributed by atoms with van der Waals surface area (Å²) < 4.78 is 8.84. The number of rotatable bonds is 6. The highest BCUT2D eigenvalue weighted by Gasteiger charge is 1.91. The van der Waals surface area contributed by atoms with Crippen LogP contribution in [0.5, 0.6) is 0 Å². The second-order valence-electron chi connectivity index (χ2n) is 3.20. The number of carboxylic acids is 1. The summed E-state index contributed by atoms with van der Waals surface area (Å²) in [4.78, 5) is 29.3. The number of carboxylic acid groups (broad SMARTS) is 1. The van der Waals surface area contributed by atoms with Gasteiger partial charge in [-0.3, -0.25) is 4.79 Å². The summed E-state index contributed by atoms with van der Waals surface area (Å²) in [6.07, 6.45) is 5.09. The fraction of sp³-hybridized carbons (Fsp3) is 0.312. The highest BCUT2D eigenvalue weighted by molar-refractivity contribution is 6.25. The summed E-state index contributed by atoms with van der Waals surface area (Å²) in [5.41, 5.74) is 1.22. The summed E-state index contributed by atoms with van der Waals surface area (Å²) in [5.74, 6) is -1.64. The molecule has 0 aliphatic carbocycles. The molecule has 0 radical (unpaired) electrons. The van der Waals surface area contributed by atoms with Gasteiger partial charge >= 0.3 is 17.9 Å². The SMILES string of the molecule is C=CC(=O)O.C=CC(=O)OCCCC.C=CCl.C=COC(C)=O. The number of hydrogen-bond acceptors (Lipinski definition) is 5. The number of halogens is 1. The lowest BCUT2D eigenvalue weighted by Gasteiger charge is -1.97. The third-order valence-electron chi connectivity index (χ3n) is 1.33. The van der Waals surface area contributed by atoms with E-state index in [1.165, 1.54) is 18.5 Å². The van der Waals surface area contributed by atoms with Crippen molar-refractivity contribution < 1.29 is 29.0 Å². The van der Waals surface area contributed by atoms with Crippen LogP contribution in [-0.2, 0) is 23.9 Å². The lowest BCUT2D eigenvalue weighted by Crippen LogP contribution is -2.00. The molecule has 0 aromatic rings. The maximum absolute atomic E-state index is 10.3. The quantitative estimate of drug-likeness (QED) is 0.339. The van der Waals surface area contributed by atoms with Crippen LogP contribution in [0.3, 0.4) is 0 Å². The van der Waals surface area contributed by atoms with Gasteiger partial charge in [0.15, 0.2) is 0 Å². The molecule has 0 atom stereocenters. The third kappa shape index (κ3) is 65.7. The Morgan fingerprint density at radius 1 is 1.13 bits per heavy atom. The molecule has 0 aromatic carbocycles. The van der Waals surface area contributed by atoms with E-state index in [0.717, 1.165) is 25.2 Å². The smallest absolute Gasteiger partial charge is 0.330 e. The zero-order valence-electron chi connectivity index (χ0n) is 13.6. The highest BCUT2D eigenvalue weighted by atomic mass is 35.5. The van der Waals surface area contributed by atoms with Crippen molar-refractivity contribution in [3.05, 3.63) is 50.3 Å². The molecule has 0 saturated heterocycles. The molecule has 0 aromatic heterocycles. The Kier molecular flexibility index (Phi) is 34.9. The van der Waals surface area contributed by atoms with Gasteiger partial charge in [0.25, 0.3) is 0 Å². The monoisotopic (exact) mass is 348 g/mol. The van der Waals surface area contributed by atoms with Crippen LogP contribution in [-0.4, -0.2) is 29.6 Å². The molecule has 0 aliphatic rings. The standard InChI is InChI=1S/C7H12O2.C4H6O2.C3H4O2.C2H3Cl/c1-3-5-6-9-7(8)4-2;1-3-6-4(2)5;1-2-3(4)5;1-2-3/h4H,2-3,5-6H2,1H3;3H,1H2,2H3;2H,1H2,(H,4,5);2H,1H2. The number of aliphatic carboxylic acids is 1. The van der Waals surface area contributed by atoms with Gasteiger partial charge in [0.2, 0.25) is 0 Å². The van der Waals surface area contributed by atoms with Crippen LogP contribution in [0.15, 0.2) is 50.3 Å². The first kappa shape index (κ1) is 28.8. The average Bonchev–Trinajstić information content (AvgIpc) is 2.49. The Bertz CT molecular complexity index is 364. The van der Waals surface area contributed by atoms with Gasteiger partial charge in [-0.05, 0) is 12.0 Å². The average molecular weight is 349 g/mol.